The van der Waals surface area contributed by atoms with Crippen molar-refractivity contribution in [3.05, 3.63) is 0 Å². The minimum atomic E-state index is 0. The highest BCUT2D eigenvalue weighted by Gasteiger charge is 1.93. The van der Waals surface area contributed by atoms with Gasteiger partial charge in [-0.25, -0.2) is 0 Å². The molecule has 0 fully saturated rings. The average molecular weight is 131 g/mol. The molecule has 1 nitrogen and oxygen atoms in total. The molecule has 0 amide bonds. The average Bonchev–Trinajstić information content (AvgIpc) is 1.63. The highest BCUT2D eigenvalue weighted by atomic mass is 14.9. The Morgan fingerprint density at radius 2 is 1.33 bits per heavy atom. The molecule has 9 heavy (non-hydrogen) atoms. The maximum absolute atomic E-state index is 3.38. The summed E-state index contributed by atoms with van der Waals surface area (Å²) in [5, 5.41) is 3.38. The zero-order chi connectivity index (χ0) is 7.28. The van der Waals surface area contributed by atoms with Gasteiger partial charge in [0, 0.05) is 1.43 Å². The van der Waals surface area contributed by atoms with Crippen LogP contribution in [0.25, 0.3) is 0 Å². The largest absolute Gasteiger partial charge is 0.316 e. The van der Waals surface area contributed by atoms with Crippen molar-refractivity contribution in [3.8, 4) is 0 Å². The molecule has 0 aromatic heterocycles. The molecule has 58 valence electrons. The predicted molar refractivity (Wildman–Crippen MR) is 44.7 cm³/mol. The molecule has 0 heterocycles. The summed E-state index contributed by atoms with van der Waals surface area (Å²) in [5.41, 5.74) is 0. The SMILES string of the molecule is CC(C)CNCC(C)C.[HH]. The summed E-state index contributed by atoms with van der Waals surface area (Å²) < 4.78 is 0. The Kier molecular flexibility index (Phi) is 4.78. The lowest BCUT2D eigenvalue weighted by atomic mass is 10.2. The van der Waals surface area contributed by atoms with E-state index in [1.165, 1.54) is 0 Å². The molecule has 0 aromatic rings. The maximum atomic E-state index is 3.38. The smallest absolute Gasteiger partial charge is 0 e. The fourth-order valence-corrected chi connectivity index (χ4v) is 0.661. The molecule has 0 rings (SSSR count). The van der Waals surface area contributed by atoms with E-state index in [1.807, 2.05) is 0 Å². The fourth-order valence-electron chi connectivity index (χ4n) is 0.661. The molecule has 1 heteroatoms. The summed E-state index contributed by atoms with van der Waals surface area (Å²) in [5.74, 6) is 1.56. The summed E-state index contributed by atoms with van der Waals surface area (Å²) >= 11 is 0. The van der Waals surface area contributed by atoms with E-state index >= 15 is 0 Å². The van der Waals surface area contributed by atoms with Gasteiger partial charge in [0.15, 0.2) is 0 Å². The third kappa shape index (κ3) is 7.96. The number of hydrogen-bond donors (Lipinski definition) is 1. The highest BCUT2D eigenvalue weighted by molar-refractivity contribution is 4.52. The van der Waals surface area contributed by atoms with Gasteiger partial charge >= 0.3 is 0 Å². The Bertz CT molecular complexity index is 54.3. The molecule has 0 bridgehead atoms. The van der Waals surface area contributed by atoms with Gasteiger partial charge in [0.1, 0.15) is 0 Å². The monoisotopic (exact) mass is 131 g/mol. The first-order valence-electron chi connectivity index (χ1n) is 3.83. The van der Waals surface area contributed by atoms with E-state index in [9.17, 15) is 0 Å². The maximum Gasteiger partial charge on any atom is 0 e. The Balaban J connectivity index is 0. The van der Waals surface area contributed by atoms with Crippen molar-refractivity contribution in [1.29, 1.82) is 0 Å². The molecular weight excluding hydrogens is 110 g/mol. The van der Waals surface area contributed by atoms with Crippen LogP contribution in [0.3, 0.4) is 0 Å². The van der Waals surface area contributed by atoms with Crippen molar-refractivity contribution in [2.75, 3.05) is 13.1 Å². The van der Waals surface area contributed by atoms with E-state index in [4.69, 9.17) is 0 Å². The van der Waals surface area contributed by atoms with Crippen LogP contribution in [0.5, 0.6) is 0 Å². The molecule has 1 N–H and O–H groups in total. The minimum Gasteiger partial charge on any atom is -0.316 e. The second kappa shape index (κ2) is 4.80. The second-order valence-electron chi connectivity index (χ2n) is 3.45. The normalized spacial score (nSPS) is 11.3. The number of nitrogens with one attached hydrogen (secondary N) is 1. The van der Waals surface area contributed by atoms with E-state index in [0.29, 0.717) is 0 Å². The predicted octanol–water partition coefficient (Wildman–Crippen LogP) is 2.13. The number of rotatable bonds is 4. The first kappa shape index (κ1) is 8.96. The molecule has 0 aromatic carbocycles. The van der Waals surface area contributed by atoms with Crippen molar-refractivity contribution in [2.45, 2.75) is 27.7 Å². The summed E-state index contributed by atoms with van der Waals surface area (Å²) in [6.45, 7) is 11.2. The van der Waals surface area contributed by atoms with Crippen LogP contribution >= 0.6 is 0 Å². The van der Waals surface area contributed by atoms with Gasteiger partial charge in [-0.15, -0.1) is 0 Å². The number of hydrogen-bond acceptors (Lipinski definition) is 1. The van der Waals surface area contributed by atoms with E-state index in [-0.39, 0.29) is 1.43 Å². The third-order valence-electron chi connectivity index (χ3n) is 1.11. The van der Waals surface area contributed by atoms with E-state index in [0.717, 1.165) is 24.9 Å². The molecule has 0 radical (unpaired) electrons. The summed E-state index contributed by atoms with van der Waals surface area (Å²) in [6, 6.07) is 0. The van der Waals surface area contributed by atoms with Crippen molar-refractivity contribution in [2.24, 2.45) is 11.8 Å². The van der Waals surface area contributed by atoms with Crippen LogP contribution in [-0.2, 0) is 0 Å². The molecular formula is C8H21N. The van der Waals surface area contributed by atoms with Crippen LogP contribution in [0, 0.1) is 11.8 Å². The Hall–Kier alpha value is -0.0400. The quantitative estimate of drug-likeness (QED) is 0.616. The van der Waals surface area contributed by atoms with Crippen LogP contribution in [0.4, 0.5) is 0 Å². The van der Waals surface area contributed by atoms with Crippen LogP contribution in [0.2, 0.25) is 0 Å². The van der Waals surface area contributed by atoms with Crippen molar-refractivity contribution in [3.63, 3.8) is 0 Å². The van der Waals surface area contributed by atoms with E-state index < -0.39 is 0 Å². The summed E-state index contributed by atoms with van der Waals surface area (Å²) in [4.78, 5) is 0. The zero-order valence-electron chi connectivity index (χ0n) is 7.07. The Morgan fingerprint density at radius 3 is 1.56 bits per heavy atom. The molecule has 0 unspecified atom stereocenters. The summed E-state index contributed by atoms with van der Waals surface area (Å²) in [7, 11) is 0. The van der Waals surface area contributed by atoms with Crippen LogP contribution < -0.4 is 5.32 Å². The van der Waals surface area contributed by atoms with Gasteiger partial charge < -0.3 is 5.32 Å². The van der Waals surface area contributed by atoms with Crippen LogP contribution in [0.15, 0.2) is 0 Å². The van der Waals surface area contributed by atoms with Gasteiger partial charge in [0.05, 0.1) is 0 Å². The van der Waals surface area contributed by atoms with Crippen LogP contribution in [-0.4, -0.2) is 13.1 Å². The van der Waals surface area contributed by atoms with Crippen molar-refractivity contribution < 1.29 is 1.43 Å². The molecule has 0 spiro atoms. The van der Waals surface area contributed by atoms with Gasteiger partial charge in [-0.1, -0.05) is 27.7 Å². The van der Waals surface area contributed by atoms with Gasteiger partial charge in [-0.2, -0.15) is 0 Å². The molecule has 0 atom stereocenters. The lowest BCUT2D eigenvalue weighted by Gasteiger charge is -2.08. The van der Waals surface area contributed by atoms with Crippen molar-refractivity contribution >= 4 is 0 Å². The van der Waals surface area contributed by atoms with Gasteiger partial charge in [-0.3, -0.25) is 0 Å². The zero-order valence-corrected chi connectivity index (χ0v) is 7.07. The lowest BCUT2D eigenvalue weighted by Crippen LogP contribution is -2.23. The molecule has 0 aliphatic carbocycles. The highest BCUT2D eigenvalue weighted by Crippen LogP contribution is 1.90. The Labute approximate surface area is 60.3 Å². The van der Waals surface area contributed by atoms with Crippen molar-refractivity contribution in [1.82, 2.24) is 5.32 Å². The topological polar surface area (TPSA) is 12.0 Å². The first-order valence-corrected chi connectivity index (χ1v) is 3.83. The Morgan fingerprint density at radius 1 is 1.00 bits per heavy atom. The van der Waals surface area contributed by atoms with Gasteiger partial charge in [0.25, 0.3) is 0 Å². The molecule has 0 saturated carbocycles. The summed E-state index contributed by atoms with van der Waals surface area (Å²) in [6.07, 6.45) is 0. The fraction of sp³-hybridized carbons (Fsp3) is 1.00. The van der Waals surface area contributed by atoms with Gasteiger partial charge in [-0.05, 0) is 24.9 Å². The van der Waals surface area contributed by atoms with E-state index in [2.05, 4.69) is 33.0 Å². The van der Waals surface area contributed by atoms with Crippen LogP contribution in [0.1, 0.15) is 29.1 Å². The molecule has 0 aliphatic rings. The lowest BCUT2D eigenvalue weighted by molar-refractivity contribution is 0.497. The first-order chi connectivity index (χ1) is 4.13. The molecule has 0 aliphatic heterocycles. The third-order valence-corrected chi connectivity index (χ3v) is 1.11. The second-order valence-corrected chi connectivity index (χ2v) is 3.45. The van der Waals surface area contributed by atoms with Gasteiger partial charge in [0.2, 0.25) is 0 Å². The molecule has 0 saturated heterocycles. The standard InChI is InChI=1S/C8H19N.H2/c1-7(2)5-9-6-8(3)4;/h7-9H,5-6H2,1-4H3;1H. The van der Waals surface area contributed by atoms with E-state index in [1.54, 1.807) is 0 Å². The minimum absolute atomic E-state index is 0.